The van der Waals surface area contributed by atoms with Gasteiger partial charge in [0, 0.05) is 33.3 Å². The van der Waals surface area contributed by atoms with E-state index in [2.05, 4.69) is 0 Å². The molecular formula is C26H25ClF2O3S. The minimum absolute atomic E-state index is 0.0212. The molecule has 0 aromatic heterocycles. The number of aliphatic hydroxyl groups is 1. The van der Waals surface area contributed by atoms with Crippen LogP contribution in [0.5, 0.6) is 5.75 Å². The quantitative estimate of drug-likeness (QED) is 0.357. The second kappa shape index (κ2) is 11.3. The molecule has 3 aromatic rings. The Balaban J connectivity index is 1.67. The Labute approximate surface area is 201 Å². The molecule has 3 aromatic carbocycles. The molecule has 3 atom stereocenters. The zero-order valence-corrected chi connectivity index (χ0v) is 19.5. The van der Waals surface area contributed by atoms with Crippen LogP contribution in [-0.2, 0) is 11.3 Å². The molecule has 0 bridgehead atoms. The summed E-state index contributed by atoms with van der Waals surface area (Å²) < 4.78 is 41.6. The van der Waals surface area contributed by atoms with Crippen molar-refractivity contribution in [1.82, 2.24) is 0 Å². The zero-order valence-electron chi connectivity index (χ0n) is 17.9. The number of rotatable bonds is 9. The molecule has 0 unspecified atom stereocenters. The normalized spacial score (nSPS) is 18.4. The van der Waals surface area contributed by atoms with Crippen molar-refractivity contribution < 1.29 is 23.4 Å². The van der Waals surface area contributed by atoms with Crippen LogP contribution in [0.25, 0.3) is 0 Å². The van der Waals surface area contributed by atoms with Gasteiger partial charge in [0.05, 0.1) is 19.3 Å². The molecular weight excluding hydrogens is 466 g/mol. The van der Waals surface area contributed by atoms with E-state index in [0.29, 0.717) is 24.5 Å². The van der Waals surface area contributed by atoms with Crippen LogP contribution in [-0.4, -0.2) is 24.4 Å². The number of benzene rings is 3. The average molecular weight is 491 g/mol. The summed E-state index contributed by atoms with van der Waals surface area (Å²) in [5.41, 5.74) is 1.23. The number of hydrogen-bond donors (Lipinski definition) is 1. The maximum atomic E-state index is 15.0. The fourth-order valence-electron chi connectivity index (χ4n) is 4.04. The highest BCUT2D eigenvalue weighted by Gasteiger charge is 2.40. The number of thioether (sulfide) groups is 1. The first-order valence-corrected chi connectivity index (χ1v) is 12.1. The highest BCUT2D eigenvalue weighted by Crippen LogP contribution is 2.51. The summed E-state index contributed by atoms with van der Waals surface area (Å²) in [6.07, 6.45) is 0.784. The molecule has 4 rings (SSSR count). The third-order valence-corrected chi connectivity index (χ3v) is 7.33. The van der Waals surface area contributed by atoms with Gasteiger partial charge < -0.3 is 14.6 Å². The summed E-state index contributed by atoms with van der Waals surface area (Å²) in [5.74, 6) is -1.39. The van der Waals surface area contributed by atoms with E-state index in [0.717, 1.165) is 22.6 Å². The lowest BCUT2D eigenvalue weighted by molar-refractivity contribution is -0.0271. The molecule has 0 fully saturated rings. The third kappa shape index (κ3) is 5.87. The maximum absolute atomic E-state index is 15.0. The predicted octanol–water partition coefficient (Wildman–Crippen LogP) is 6.82. The predicted molar refractivity (Wildman–Crippen MR) is 127 cm³/mol. The second-order valence-corrected chi connectivity index (χ2v) is 9.59. The molecule has 1 aliphatic heterocycles. The van der Waals surface area contributed by atoms with E-state index in [1.165, 1.54) is 11.8 Å². The standard InChI is InChI=1S/C26H25ClF2O3S/c27-18-8-10-19(11-9-18)33-26-20(16-32-25-22(29)13-12-21(28)24(25)26)23(7-4-14-30)31-15-17-5-2-1-3-6-17/h1-3,5-6,8-13,20,23,26,30H,4,7,14-16H2/t20-,23+,26-/m1/s1. The van der Waals surface area contributed by atoms with Crippen LogP contribution in [0.2, 0.25) is 5.02 Å². The van der Waals surface area contributed by atoms with Crippen molar-refractivity contribution in [3.8, 4) is 5.75 Å². The monoisotopic (exact) mass is 490 g/mol. The van der Waals surface area contributed by atoms with Gasteiger partial charge in [0.2, 0.25) is 0 Å². The Morgan fingerprint density at radius 2 is 1.76 bits per heavy atom. The average Bonchev–Trinajstić information content (AvgIpc) is 2.84. The lowest BCUT2D eigenvalue weighted by Crippen LogP contribution is -2.37. The van der Waals surface area contributed by atoms with Gasteiger partial charge in [0.25, 0.3) is 0 Å². The second-order valence-electron chi connectivity index (χ2n) is 7.94. The summed E-state index contributed by atoms with van der Waals surface area (Å²) in [7, 11) is 0. The molecule has 0 saturated heterocycles. The first-order chi connectivity index (χ1) is 16.1. The van der Waals surface area contributed by atoms with Gasteiger partial charge in [0.15, 0.2) is 11.6 Å². The van der Waals surface area contributed by atoms with E-state index in [4.69, 9.17) is 21.1 Å². The molecule has 1 heterocycles. The Hall–Kier alpha value is -2.12. The van der Waals surface area contributed by atoms with Gasteiger partial charge in [-0.25, -0.2) is 8.78 Å². The summed E-state index contributed by atoms with van der Waals surface area (Å²) in [5, 5.41) is 9.61. The van der Waals surface area contributed by atoms with Crippen LogP contribution in [0.3, 0.4) is 0 Å². The van der Waals surface area contributed by atoms with Crippen molar-refractivity contribution in [3.05, 3.63) is 94.5 Å². The van der Waals surface area contributed by atoms with Crippen molar-refractivity contribution >= 4 is 23.4 Å². The summed E-state index contributed by atoms with van der Waals surface area (Å²) in [4.78, 5) is 0.884. The Kier molecular flexibility index (Phi) is 8.25. The van der Waals surface area contributed by atoms with Gasteiger partial charge in [-0.15, -0.1) is 11.8 Å². The molecule has 33 heavy (non-hydrogen) atoms. The van der Waals surface area contributed by atoms with E-state index in [1.54, 1.807) is 12.1 Å². The van der Waals surface area contributed by atoms with E-state index in [-0.39, 0.29) is 36.5 Å². The van der Waals surface area contributed by atoms with Crippen molar-refractivity contribution in [2.24, 2.45) is 5.92 Å². The van der Waals surface area contributed by atoms with Crippen LogP contribution >= 0.6 is 23.4 Å². The molecule has 0 spiro atoms. The Morgan fingerprint density at radius 1 is 1.03 bits per heavy atom. The molecule has 0 aliphatic carbocycles. The van der Waals surface area contributed by atoms with Crippen molar-refractivity contribution in [2.45, 2.75) is 35.7 Å². The molecule has 1 N–H and O–H groups in total. The number of ether oxygens (including phenoxy) is 2. The minimum Gasteiger partial charge on any atom is -0.490 e. The summed E-state index contributed by atoms with van der Waals surface area (Å²) in [6, 6.07) is 19.3. The molecule has 0 saturated carbocycles. The van der Waals surface area contributed by atoms with Gasteiger partial charge in [-0.1, -0.05) is 41.9 Å². The van der Waals surface area contributed by atoms with Gasteiger partial charge in [0.1, 0.15) is 5.82 Å². The molecule has 0 radical (unpaired) electrons. The van der Waals surface area contributed by atoms with Gasteiger partial charge >= 0.3 is 0 Å². The van der Waals surface area contributed by atoms with Crippen LogP contribution in [0, 0.1) is 17.6 Å². The molecule has 7 heteroatoms. The van der Waals surface area contributed by atoms with Gasteiger partial charge in [-0.2, -0.15) is 0 Å². The number of fused-ring (bicyclic) bond motifs is 1. The van der Waals surface area contributed by atoms with Gasteiger partial charge in [-0.05, 0) is 54.8 Å². The highest BCUT2D eigenvalue weighted by atomic mass is 35.5. The third-order valence-electron chi connectivity index (χ3n) is 5.70. The molecule has 3 nitrogen and oxygen atoms in total. The molecule has 1 aliphatic rings. The molecule has 174 valence electrons. The molecule has 0 amide bonds. The fourth-order valence-corrected chi connectivity index (χ4v) is 5.52. The van der Waals surface area contributed by atoms with E-state index >= 15 is 4.39 Å². The fraction of sp³-hybridized carbons (Fsp3) is 0.308. The van der Waals surface area contributed by atoms with Crippen molar-refractivity contribution in [2.75, 3.05) is 13.2 Å². The van der Waals surface area contributed by atoms with E-state index in [9.17, 15) is 9.50 Å². The minimum atomic E-state index is -0.580. The zero-order chi connectivity index (χ0) is 23.2. The first kappa shape index (κ1) is 24.0. The van der Waals surface area contributed by atoms with Crippen LogP contribution in [0.4, 0.5) is 8.78 Å². The largest absolute Gasteiger partial charge is 0.490 e. The van der Waals surface area contributed by atoms with Gasteiger partial charge in [-0.3, -0.25) is 0 Å². The first-order valence-electron chi connectivity index (χ1n) is 10.9. The van der Waals surface area contributed by atoms with Crippen LogP contribution in [0.1, 0.15) is 29.2 Å². The lowest BCUT2D eigenvalue weighted by atomic mass is 9.88. The van der Waals surface area contributed by atoms with E-state index in [1.807, 2.05) is 42.5 Å². The maximum Gasteiger partial charge on any atom is 0.165 e. The van der Waals surface area contributed by atoms with E-state index < -0.39 is 16.9 Å². The van der Waals surface area contributed by atoms with Crippen LogP contribution < -0.4 is 4.74 Å². The van der Waals surface area contributed by atoms with Crippen molar-refractivity contribution in [1.29, 1.82) is 0 Å². The SMILES string of the molecule is OCCC[C@H](OCc1ccccc1)[C@H]1COc2c(F)ccc(F)c2[C@@H]1Sc1ccc(Cl)cc1. The number of hydrogen-bond acceptors (Lipinski definition) is 4. The number of aliphatic hydroxyl groups excluding tert-OH is 1. The van der Waals surface area contributed by atoms with Crippen molar-refractivity contribution in [3.63, 3.8) is 0 Å². The van der Waals surface area contributed by atoms with Crippen LogP contribution in [0.15, 0.2) is 71.6 Å². The Morgan fingerprint density at radius 3 is 2.48 bits per heavy atom. The Bertz CT molecular complexity index is 1050. The highest BCUT2D eigenvalue weighted by molar-refractivity contribution is 7.99. The summed E-state index contributed by atoms with van der Waals surface area (Å²) in [6.45, 7) is 0.584. The summed E-state index contributed by atoms with van der Waals surface area (Å²) >= 11 is 7.48. The smallest absolute Gasteiger partial charge is 0.165 e. The lowest BCUT2D eigenvalue weighted by Gasteiger charge is -2.38. The topological polar surface area (TPSA) is 38.7 Å². The number of halogens is 3.